The number of amides is 1. The Kier molecular flexibility index (Phi) is 6.26. The molecule has 0 atom stereocenters. The maximum absolute atomic E-state index is 12.4. The van der Waals surface area contributed by atoms with E-state index in [0.29, 0.717) is 32.4 Å². The molecule has 4 aromatic rings. The van der Waals surface area contributed by atoms with E-state index in [4.69, 9.17) is 16.3 Å². The number of aromatic amines is 1. The molecule has 0 aliphatic carbocycles. The second-order valence-corrected chi connectivity index (χ2v) is 7.79. The predicted octanol–water partition coefficient (Wildman–Crippen LogP) is 4.11. The quantitative estimate of drug-likeness (QED) is 0.415. The van der Waals surface area contributed by atoms with Gasteiger partial charge in [-0.1, -0.05) is 29.8 Å². The maximum atomic E-state index is 12.4. The summed E-state index contributed by atoms with van der Waals surface area (Å²) in [5, 5.41) is 15.3. The third-order valence-electron chi connectivity index (χ3n) is 4.30. The van der Waals surface area contributed by atoms with Crippen molar-refractivity contribution in [3.8, 4) is 11.8 Å². The van der Waals surface area contributed by atoms with Crippen LogP contribution in [-0.2, 0) is 4.79 Å². The van der Waals surface area contributed by atoms with Gasteiger partial charge in [-0.15, -0.1) is 11.3 Å². The van der Waals surface area contributed by atoms with Gasteiger partial charge < -0.3 is 9.72 Å². The van der Waals surface area contributed by atoms with Crippen LogP contribution in [0.5, 0.6) is 5.75 Å². The molecule has 32 heavy (non-hydrogen) atoms. The van der Waals surface area contributed by atoms with Crippen molar-refractivity contribution in [1.29, 1.82) is 5.26 Å². The fraction of sp³-hybridized carbons (Fsp3) is 0.0455. The van der Waals surface area contributed by atoms with Crippen LogP contribution in [0.3, 0.4) is 0 Å². The molecule has 2 heterocycles. The van der Waals surface area contributed by atoms with E-state index in [0.717, 1.165) is 0 Å². The van der Waals surface area contributed by atoms with Gasteiger partial charge in [-0.2, -0.15) is 5.26 Å². The van der Waals surface area contributed by atoms with Gasteiger partial charge in [0.1, 0.15) is 11.8 Å². The Morgan fingerprint density at radius 1 is 1.31 bits per heavy atom. The number of benzene rings is 2. The summed E-state index contributed by atoms with van der Waals surface area (Å²) in [4.78, 5) is 35.5. The first-order valence-corrected chi connectivity index (χ1v) is 10.5. The number of aromatic nitrogens is 3. The summed E-state index contributed by atoms with van der Waals surface area (Å²) in [6.07, 6.45) is 3.12. The van der Waals surface area contributed by atoms with Crippen LogP contribution in [0.15, 0.2) is 58.8 Å². The largest absolute Gasteiger partial charge is 0.483 e. The molecule has 0 saturated carbocycles. The van der Waals surface area contributed by atoms with Crippen molar-refractivity contribution in [2.24, 2.45) is 0 Å². The SMILES string of the molecule is N#C/C(=C\c1ccccc1OCC(=O)Nc1nccs1)c1nc2ccc(Cl)cc2c(=O)[nH]1. The van der Waals surface area contributed by atoms with E-state index in [1.807, 2.05) is 0 Å². The normalized spacial score (nSPS) is 11.2. The summed E-state index contributed by atoms with van der Waals surface area (Å²) < 4.78 is 5.64. The minimum Gasteiger partial charge on any atom is -0.483 e. The van der Waals surface area contributed by atoms with Crippen LogP contribution in [-0.4, -0.2) is 27.5 Å². The zero-order valence-electron chi connectivity index (χ0n) is 16.3. The van der Waals surface area contributed by atoms with Crippen LogP contribution in [0.4, 0.5) is 5.13 Å². The summed E-state index contributed by atoms with van der Waals surface area (Å²) in [5.74, 6) is 0.145. The minimum atomic E-state index is -0.406. The number of H-pyrrole nitrogens is 1. The molecule has 2 aromatic heterocycles. The Balaban J connectivity index is 1.61. The monoisotopic (exact) mass is 463 g/mol. The maximum Gasteiger partial charge on any atom is 0.264 e. The molecule has 0 aliphatic heterocycles. The van der Waals surface area contributed by atoms with Crippen molar-refractivity contribution in [3.63, 3.8) is 0 Å². The van der Waals surface area contributed by atoms with Gasteiger partial charge >= 0.3 is 0 Å². The summed E-state index contributed by atoms with van der Waals surface area (Å²) in [6, 6.07) is 13.7. The number of anilines is 1. The molecule has 0 unspecified atom stereocenters. The third kappa shape index (κ3) is 4.83. The summed E-state index contributed by atoms with van der Waals surface area (Å²) >= 11 is 7.25. The van der Waals surface area contributed by atoms with E-state index in [9.17, 15) is 14.9 Å². The van der Waals surface area contributed by atoms with Gasteiger partial charge in [0.15, 0.2) is 17.6 Å². The Labute approximate surface area is 190 Å². The first kappa shape index (κ1) is 21.2. The molecule has 0 spiro atoms. The van der Waals surface area contributed by atoms with E-state index >= 15 is 0 Å². The Morgan fingerprint density at radius 3 is 2.94 bits per heavy atom. The van der Waals surface area contributed by atoms with E-state index < -0.39 is 5.56 Å². The van der Waals surface area contributed by atoms with Crippen LogP contribution < -0.4 is 15.6 Å². The lowest BCUT2D eigenvalue weighted by Crippen LogP contribution is -2.20. The smallest absolute Gasteiger partial charge is 0.264 e. The van der Waals surface area contributed by atoms with Gasteiger partial charge in [-0.05, 0) is 30.3 Å². The molecule has 2 N–H and O–H groups in total. The topological polar surface area (TPSA) is 121 Å². The molecule has 8 nitrogen and oxygen atoms in total. The minimum absolute atomic E-state index is 0.114. The lowest BCUT2D eigenvalue weighted by atomic mass is 10.1. The molecule has 10 heteroatoms. The number of halogens is 1. The first-order valence-electron chi connectivity index (χ1n) is 9.26. The third-order valence-corrected chi connectivity index (χ3v) is 5.22. The Bertz CT molecular complexity index is 1420. The average Bonchev–Trinajstić information content (AvgIpc) is 3.30. The number of ether oxygens (including phenoxy) is 1. The molecular weight excluding hydrogens is 450 g/mol. The highest BCUT2D eigenvalue weighted by molar-refractivity contribution is 7.13. The summed E-state index contributed by atoms with van der Waals surface area (Å²) in [5.41, 5.74) is 0.682. The number of fused-ring (bicyclic) bond motifs is 1. The molecule has 158 valence electrons. The Morgan fingerprint density at radius 2 is 2.16 bits per heavy atom. The first-order chi connectivity index (χ1) is 15.5. The van der Waals surface area contributed by atoms with E-state index in [1.165, 1.54) is 23.5 Å². The molecule has 0 saturated heterocycles. The van der Waals surface area contributed by atoms with Gasteiger partial charge in [0.2, 0.25) is 0 Å². The second kappa shape index (κ2) is 9.43. The zero-order chi connectivity index (χ0) is 22.5. The van der Waals surface area contributed by atoms with Crippen molar-refractivity contribution in [1.82, 2.24) is 15.0 Å². The van der Waals surface area contributed by atoms with Gasteiger partial charge in [-0.3, -0.25) is 14.9 Å². The van der Waals surface area contributed by atoms with Crippen molar-refractivity contribution in [3.05, 3.63) is 80.8 Å². The van der Waals surface area contributed by atoms with E-state index in [2.05, 4.69) is 26.3 Å². The molecule has 0 aliphatic rings. The van der Waals surface area contributed by atoms with Crippen molar-refractivity contribution >= 4 is 56.5 Å². The van der Waals surface area contributed by atoms with Crippen LogP contribution in [0.1, 0.15) is 11.4 Å². The van der Waals surface area contributed by atoms with Crippen LogP contribution in [0.25, 0.3) is 22.6 Å². The number of carbonyl (C=O) groups excluding carboxylic acids is 1. The zero-order valence-corrected chi connectivity index (χ0v) is 17.9. The standard InChI is InChI=1S/C22H14ClN5O3S/c23-15-5-6-17-16(10-15)21(30)28-20(26-17)14(11-24)9-13-3-1-2-4-18(13)31-12-19(29)27-22-25-7-8-32-22/h1-10H,12H2,(H,25,27,29)(H,26,28,30)/b14-9+. The summed E-state index contributed by atoms with van der Waals surface area (Å²) in [7, 11) is 0. The molecule has 2 aromatic carbocycles. The highest BCUT2D eigenvalue weighted by Gasteiger charge is 2.12. The number of carbonyl (C=O) groups is 1. The van der Waals surface area contributed by atoms with Crippen LogP contribution in [0, 0.1) is 11.3 Å². The molecule has 0 bridgehead atoms. The van der Waals surface area contributed by atoms with Crippen LogP contribution in [0.2, 0.25) is 5.02 Å². The van der Waals surface area contributed by atoms with Crippen molar-refractivity contribution in [2.75, 3.05) is 11.9 Å². The average molecular weight is 464 g/mol. The number of nitriles is 1. The number of para-hydroxylation sites is 1. The lowest BCUT2D eigenvalue weighted by molar-refractivity contribution is -0.118. The summed E-state index contributed by atoms with van der Waals surface area (Å²) in [6.45, 7) is -0.238. The number of thiazole rings is 1. The number of hydrogen-bond donors (Lipinski definition) is 2. The lowest BCUT2D eigenvalue weighted by Gasteiger charge is -2.09. The highest BCUT2D eigenvalue weighted by Crippen LogP contribution is 2.24. The van der Waals surface area contributed by atoms with Crippen LogP contribution >= 0.6 is 22.9 Å². The van der Waals surface area contributed by atoms with E-state index in [-0.39, 0.29) is 23.9 Å². The number of nitrogens with one attached hydrogen (secondary N) is 2. The van der Waals surface area contributed by atoms with E-state index in [1.54, 1.807) is 48.0 Å². The molecule has 0 radical (unpaired) electrons. The number of nitrogens with zero attached hydrogens (tertiary/aromatic N) is 3. The fourth-order valence-corrected chi connectivity index (χ4v) is 3.58. The fourth-order valence-electron chi connectivity index (χ4n) is 2.86. The Hall–Kier alpha value is -4.00. The number of rotatable bonds is 6. The van der Waals surface area contributed by atoms with Gasteiger partial charge in [0, 0.05) is 22.2 Å². The number of allylic oxidation sites excluding steroid dienone is 1. The van der Waals surface area contributed by atoms with Gasteiger partial charge in [0.25, 0.3) is 11.5 Å². The van der Waals surface area contributed by atoms with Crippen molar-refractivity contribution < 1.29 is 9.53 Å². The van der Waals surface area contributed by atoms with Crippen molar-refractivity contribution in [2.45, 2.75) is 0 Å². The molecule has 0 fully saturated rings. The predicted molar refractivity (Wildman–Crippen MR) is 124 cm³/mol. The molecular formula is C22H14ClN5O3S. The molecule has 4 rings (SSSR count). The second-order valence-electron chi connectivity index (χ2n) is 6.46. The van der Waals surface area contributed by atoms with Gasteiger partial charge in [0.05, 0.1) is 16.5 Å². The molecule has 1 amide bonds. The highest BCUT2D eigenvalue weighted by atomic mass is 35.5. The van der Waals surface area contributed by atoms with Gasteiger partial charge in [-0.25, -0.2) is 9.97 Å². The number of hydrogen-bond acceptors (Lipinski definition) is 7.